The molecule has 1 saturated heterocycles. The van der Waals surface area contributed by atoms with Crippen molar-refractivity contribution in [1.29, 1.82) is 0 Å². The maximum atomic E-state index is 12.7. The first kappa shape index (κ1) is 19.4. The number of sulfonamides is 1. The fourth-order valence-corrected chi connectivity index (χ4v) is 3.89. The third-order valence-electron chi connectivity index (χ3n) is 4.68. The van der Waals surface area contributed by atoms with E-state index in [1.54, 1.807) is 31.3 Å². The Bertz CT molecular complexity index is 903. The van der Waals surface area contributed by atoms with Gasteiger partial charge in [-0.15, -0.1) is 0 Å². The molecule has 2 N–H and O–H groups in total. The SMILES string of the molecule is CN1CCN(c2ccc(C(=O)N(C)Cc3ccco3)cc2S(N)(=O)=O)CC1. The van der Waals surface area contributed by atoms with Crippen molar-refractivity contribution in [2.75, 3.05) is 45.2 Å². The predicted octanol–water partition coefficient (Wildman–Crippen LogP) is 0.951. The Morgan fingerprint density at radius 1 is 1.22 bits per heavy atom. The van der Waals surface area contributed by atoms with Crippen LogP contribution in [0.25, 0.3) is 0 Å². The fourth-order valence-electron chi connectivity index (χ4n) is 3.11. The monoisotopic (exact) mass is 392 g/mol. The quantitative estimate of drug-likeness (QED) is 0.813. The van der Waals surface area contributed by atoms with Gasteiger partial charge >= 0.3 is 0 Å². The summed E-state index contributed by atoms with van der Waals surface area (Å²) in [5, 5.41) is 5.44. The van der Waals surface area contributed by atoms with Crippen molar-refractivity contribution in [1.82, 2.24) is 9.80 Å². The zero-order chi connectivity index (χ0) is 19.6. The molecule has 8 nitrogen and oxygen atoms in total. The van der Waals surface area contributed by atoms with Crippen LogP contribution < -0.4 is 10.0 Å². The molecule has 1 aromatic carbocycles. The average Bonchev–Trinajstić information content (AvgIpc) is 3.13. The summed E-state index contributed by atoms with van der Waals surface area (Å²) in [6, 6.07) is 8.19. The summed E-state index contributed by atoms with van der Waals surface area (Å²) in [4.78, 5) is 18.3. The van der Waals surface area contributed by atoms with Crippen LogP contribution in [0.3, 0.4) is 0 Å². The van der Waals surface area contributed by atoms with E-state index in [0.717, 1.165) is 13.1 Å². The average molecular weight is 392 g/mol. The van der Waals surface area contributed by atoms with Gasteiger partial charge in [-0.1, -0.05) is 0 Å². The molecule has 0 unspecified atom stereocenters. The molecule has 9 heteroatoms. The fraction of sp³-hybridized carbons (Fsp3) is 0.389. The van der Waals surface area contributed by atoms with Gasteiger partial charge in [0.05, 0.1) is 18.5 Å². The van der Waals surface area contributed by atoms with Crippen molar-refractivity contribution in [3.05, 3.63) is 47.9 Å². The summed E-state index contributed by atoms with van der Waals surface area (Å²) in [6.45, 7) is 3.35. The van der Waals surface area contributed by atoms with E-state index in [1.165, 1.54) is 17.2 Å². The molecule has 2 heterocycles. The molecule has 0 bridgehead atoms. The number of nitrogens with two attached hydrogens (primary N) is 1. The Morgan fingerprint density at radius 2 is 1.93 bits per heavy atom. The number of nitrogens with zero attached hydrogens (tertiary/aromatic N) is 3. The smallest absolute Gasteiger partial charge is 0.254 e. The molecular weight excluding hydrogens is 368 g/mol. The molecule has 27 heavy (non-hydrogen) atoms. The van der Waals surface area contributed by atoms with Crippen LogP contribution in [0.4, 0.5) is 5.69 Å². The van der Waals surface area contributed by atoms with Crippen molar-refractivity contribution in [3.8, 4) is 0 Å². The van der Waals surface area contributed by atoms with Gasteiger partial charge in [0, 0.05) is 38.8 Å². The van der Waals surface area contributed by atoms with E-state index in [0.29, 0.717) is 24.5 Å². The lowest BCUT2D eigenvalue weighted by Gasteiger charge is -2.35. The number of primary sulfonamides is 1. The van der Waals surface area contributed by atoms with Crippen LogP contribution in [0, 0.1) is 0 Å². The maximum absolute atomic E-state index is 12.7. The Morgan fingerprint density at radius 3 is 2.52 bits per heavy atom. The molecule has 1 aromatic heterocycles. The van der Waals surface area contributed by atoms with Crippen LogP contribution in [-0.2, 0) is 16.6 Å². The number of anilines is 1. The third-order valence-corrected chi connectivity index (χ3v) is 5.62. The van der Waals surface area contributed by atoms with E-state index in [-0.39, 0.29) is 22.9 Å². The van der Waals surface area contributed by atoms with Crippen molar-refractivity contribution in [2.45, 2.75) is 11.4 Å². The molecule has 0 spiro atoms. The number of likely N-dealkylation sites (N-methyl/N-ethyl adjacent to an activating group) is 1. The van der Waals surface area contributed by atoms with Gasteiger partial charge in [0.1, 0.15) is 10.7 Å². The number of hydrogen-bond donors (Lipinski definition) is 1. The molecule has 0 aliphatic carbocycles. The number of carbonyl (C=O) groups excluding carboxylic acids is 1. The van der Waals surface area contributed by atoms with Gasteiger partial charge in [-0.25, -0.2) is 13.6 Å². The lowest BCUT2D eigenvalue weighted by Crippen LogP contribution is -2.45. The molecule has 2 aromatic rings. The van der Waals surface area contributed by atoms with Crippen molar-refractivity contribution in [2.24, 2.45) is 5.14 Å². The normalized spacial score (nSPS) is 15.7. The molecule has 1 aliphatic rings. The van der Waals surface area contributed by atoms with Gasteiger partial charge in [-0.2, -0.15) is 0 Å². The summed E-state index contributed by atoms with van der Waals surface area (Å²) in [5.74, 6) is 0.341. The van der Waals surface area contributed by atoms with E-state index in [1.807, 2.05) is 11.9 Å². The first-order valence-electron chi connectivity index (χ1n) is 8.64. The Hall–Kier alpha value is -2.36. The maximum Gasteiger partial charge on any atom is 0.254 e. The van der Waals surface area contributed by atoms with Gasteiger partial charge in [0.2, 0.25) is 10.0 Å². The first-order chi connectivity index (χ1) is 12.8. The summed E-state index contributed by atoms with van der Waals surface area (Å²) in [6.07, 6.45) is 1.54. The molecule has 1 aliphatic heterocycles. The van der Waals surface area contributed by atoms with E-state index in [4.69, 9.17) is 9.56 Å². The number of hydrogen-bond acceptors (Lipinski definition) is 6. The second-order valence-electron chi connectivity index (χ2n) is 6.76. The lowest BCUT2D eigenvalue weighted by molar-refractivity contribution is 0.0775. The zero-order valence-corrected chi connectivity index (χ0v) is 16.3. The molecule has 1 fully saturated rings. The number of amides is 1. The van der Waals surface area contributed by atoms with E-state index in [2.05, 4.69) is 4.90 Å². The first-order valence-corrected chi connectivity index (χ1v) is 10.2. The second-order valence-corrected chi connectivity index (χ2v) is 8.29. The van der Waals surface area contributed by atoms with Crippen LogP contribution in [0.15, 0.2) is 45.9 Å². The van der Waals surface area contributed by atoms with Crippen LogP contribution in [0.2, 0.25) is 0 Å². The van der Waals surface area contributed by atoms with Crippen LogP contribution in [0.1, 0.15) is 16.1 Å². The molecule has 146 valence electrons. The van der Waals surface area contributed by atoms with Gasteiger partial charge in [0.25, 0.3) is 5.91 Å². The molecule has 0 radical (unpaired) electrons. The lowest BCUT2D eigenvalue weighted by atomic mass is 10.1. The highest BCUT2D eigenvalue weighted by molar-refractivity contribution is 7.89. The van der Waals surface area contributed by atoms with Gasteiger partial charge < -0.3 is 19.1 Å². The third kappa shape index (κ3) is 4.49. The van der Waals surface area contributed by atoms with Gasteiger partial charge in [0.15, 0.2) is 0 Å². The van der Waals surface area contributed by atoms with Crippen LogP contribution in [-0.4, -0.2) is 64.4 Å². The summed E-state index contributed by atoms with van der Waals surface area (Å²) < 4.78 is 29.6. The highest BCUT2D eigenvalue weighted by atomic mass is 32.2. The van der Waals surface area contributed by atoms with E-state index >= 15 is 0 Å². The Labute approximate surface area is 159 Å². The van der Waals surface area contributed by atoms with Crippen LogP contribution >= 0.6 is 0 Å². The highest BCUT2D eigenvalue weighted by Crippen LogP contribution is 2.27. The minimum atomic E-state index is -3.97. The Balaban J connectivity index is 1.88. The Kier molecular flexibility index (Phi) is 5.54. The van der Waals surface area contributed by atoms with Gasteiger partial charge in [-0.3, -0.25) is 4.79 Å². The molecule has 0 saturated carbocycles. The van der Waals surface area contributed by atoms with Crippen molar-refractivity contribution in [3.63, 3.8) is 0 Å². The molecule has 0 atom stereocenters. The number of carbonyl (C=O) groups is 1. The number of piperazine rings is 1. The number of benzene rings is 1. The molecule has 3 rings (SSSR count). The minimum Gasteiger partial charge on any atom is -0.467 e. The number of rotatable bonds is 5. The van der Waals surface area contributed by atoms with Gasteiger partial charge in [-0.05, 0) is 37.4 Å². The van der Waals surface area contributed by atoms with Crippen molar-refractivity contribution < 1.29 is 17.6 Å². The summed E-state index contributed by atoms with van der Waals surface area (Å²) in [7, 11) is -0.315. The zero-order valence-electron chi connectivity index (χ0n) is 15.5. The highest BCUT2D eigenvalue weighted by Gasteiger charge is 2.24. The van der Waals surface area contributed by atoms with E-state index < -0.39 is 10.0 Å². The van der Waals surface area contributed by atoms with E-state index in [9.17, 15) is 13.2 Å². The molecule has 1 amide bonds. The standard InChI is InChI=1S/C18H24N4O4S/c1-20-7-9-22(10-8-20)16-6-5-14(12-17(16)27(19,24)25)18(23)21(2)13-15-4-3-11-26-15/h3-6,11-12H,7-10,13H2,1-2H3,(H2,19,24,25). The molecular formula is C18H24N4O4S. The topological polar surface area (TPSA) is 100 Å². The van der Waals surface area contributed by atoms with Crippen molar-refractivity contribution >= 4 is 21.6 Å². The summed E-state index contributed by atoms with van der Waals surface area (Å²) in [5.41, 5.74) is 0.807. The minimum absolute atomic E-state index is 0.0238. The summed E-state index contributed by atoms with van der Waals surface area (Å²) >= 11 is 0. The predicted molar refractivity (Wildman–Crippen MR) is 102 cm³/mol. The second kappa shape index (κ2) is 7.71. The largest absolute Gasteiger partial charge is 0.467 e. The van der Waals surface area contributed by atoms with Crippen LogP contribution in [0.5, 0.6) is 0 Å². The number of furan rings is 1.